The Morgan fingerprint density at radius 3 is 1.53 bits per heavy atom. The number of benzene rings is 7. The zero-order chi connectivity index (χ0) is 30.9. The van der Waals surface area contributed by atoms with Crippen molar-refractivity contribution in [3.63, 3.8) is 0 Å². The predicted molar refractivity (Wildman–Crippen MR) is 194 cm³/mol. The molecule has 1 heteroatoms. The Bertz CT molecular complexity index is 2230. The van der Waals surface area contributed by atoms with Gasteiger partial charge in [-0.05, 0) is 158 Å². The number of hydrogen-bond donors (Lipinski definition) is 0. The zero-order valence-corrected chi connectivity index (χ0v) is 26.6. The third-order valence-corrected chi connectivity index (χ3v) is 9.34. The van der Waals surface area contributed by atoms with Gasteiger partial charge in [0.25, 0.3) is 0 Å². The van der Waals surface area contributed by atoms with Gasteiger partial charge in [0, 0.05) is 17.1 Å². The standard InChI is InChI=1S/C44H37N/c1-28-19-29(2)21-39(20-28)45(37-9-7-6-8-10-37)38-18-15-33-25-41-42-26-34-22-31(30-13-16-36(17-14-30)44(3,4)5)11-12-32(34)24-40(42)43(41)27-35(33)23-38/h6-27H,1-5H3. The van der Waals surface area contributed by atoms with Crippen LogP contribution in [0.15, 0.2) is 133 Å². The molecule has 218 valence electrons. The molecule has 1 aliphatic rings. The van der Waals surface area contributed by atoms with E-state index < -0.39 is 0 Å². The van der Waals surface area contributed by atoms with Crippen molar-refractivity contribution in [2.24, 2.45) is 0 Å². The summed E-state index contributed by atoms with van der Waals surface area (Å²) in [4.78, 5) is 2.37. The summed E-state index contributed by atoms with van der Waals surface area (Å²) in [7, 11) is 0. The molecule has 1 aliphatic carbocycles. The van der Waals surface area contributed by atoms with Crippen molar-refractivity contribution >= 4 is 38.6 Å². The van der Waals surface area contributed by atoms with E-state index in [0.717, 1.165) is 5.69 Å². The van der Waals surface area contributed by atoms with Gasteiger partial charge < -0.3 is 4.90 Å². The number of nitrogens with zero attached hydrogens (tertiary/aromatic N) is 1. The van der Waals surface area contributed by atoms with E-state index in [1.807, 2.05) is 0 Å². The molecule has 0 saturated carbocycles. The largest absolute Gasteiger partial charge is 0.310 e. The lowest BCUT2D eigenvalue weighted by molar-refractivity contribution is 0.590. The molecule has 0 aliphatic heterocycles. The van der Waals surface area contributed by atoms with E-state index >= 15 is 0 Å². The lowest BCUT2D eigenvalue weighted by Gasteiger charge is -2.28. The highest BCUT2D eigenvalue weighted by Gasteiger charge is 2.24. The van der Waals surface area contributed by atoms with Crippen LogP contribution in [0.4, 0.5) is 17.1 Å². The minimum atomic E-state index is 0.158. The lowest BCUT2D eigenvalue weighted by atomic mass is 9.77. The molecular formula is C44H37N. The highest BCUT2D eigenvalue weighted by Crippen LogP contribution is 2.51. The smallest absolute Gasteiger partial charge is 0.0468 e. The van der Waals surface area contributed by atoms with Gasteiger partial charge in [0.2, 0.25) is 0 Å². The van der Waals surface area contributed by atoms with Gasteiger partial charge in [-0.2, -0.15) is 0 Å². The van der Waals surface area contributed by atoms with E-state index in [-0.39, 0.29) is 5.41 Å². The van der Waals surface area contributed by atoms with Crippen LogP contribution >= 0.6 is 0 Å². The Labute approximate surface area is 266 Å². The van der Waals surface area contributed by atoms with Crippen molar-refractivity contribution < 1.29 is 0 Å². The Morgan fingerprint density at radius 2 is 0.933 bits per heavy atom. The number of para-hydroxylation sites is 1. The van der Waals surface area contributed by atoms with E-state index in [0.29, 0.717) is 0 Å². The molecule has 0 spiro atoms. The van der Waals surface area contributed by atoms with Crippen molar-refractivity contribution in [2.45, 2.75) is 40.0 Å². The molecule has 0 aromatic heterocycles. The highest BCUT2D eigenvalue weighted by atomic mass is 15.1. The normalized spacial score (nSPS) is 12.1. The third-order valence-electron chi connectivity index (χ3n) is 9.34. The molecule has 1 nitrogen and oxygen atoms in total. The summed E-state index contributed by atoms with van der Waals surface area (Å²) in [6.45, 7) is 11.1. The summed E-state index contributed by atoms with van der Waals surface area (Å²) < 4.78 is 0. The highest BCUT2D eigenvalue weighted by molar-refractivity contribution is 6.12. The van der Waals surface area contributed by atoms with Crippen LogP contribution in [0, 0.1) is 13.8 Å². The second-order valence-corrected chi connectivity index (χ2v) is 13.7. The Morgan fingerprint density at radius 1 is 0.400 bits per heavy atom. The first-order valence-corrected chi connectivity index (χ1v) is 15.9. The number of fused-ring (bicyclic) bond motifs is 6. The molecular weight excluding hydrogens is 542 g/mol. The zero-order valence-electron chi connectivity index (χ0n) is 26.6. The maximum absolute atomic E-state index is 2.39. The molecule has 45 heavy (non-hydrogen) atoms. The lowest BCUT2D eigenvalue weighted by Crippen LogP contribution is -2.10. The molecule has 7 aromatic rings. The molecule has 7 aromatic carbocycles. The molecule has 0 N–H and O–H groups in total. The molecule has 0 atom stereocenters. The number of rotatable bonds is 4. The van der Waals surface area contributed by atoms with Crippen LogP contribution in [0.2, 0.25) is 0 Å². The summed E-state index contributed by atoms with van der Waals surface area (Å²) in [5, 5.41) is 5.10. The predicted octanol–water partition coefficient (Wildman–Crippen LogP) is 12.7. The minimum absolute atomic E-state index is 0.158. The van der Waals surface area contributed by atoms with Crippen molar-refractivity contribution in [3.8, 4) is 33.4 Å². The fourth-order valence-corrected chi connectivity index (χ4v) is 7.00. The quantitative estimate of drug-likeness (QED) is 0.200. The van der Waals surface area contributed by atoms with Crippen LogP contribution in [-0.2, 0) is 5.41 Å². The molecule has 0 radical (unpaired) electrons. The molecule has 8 rings (SSSR count). The molecule has 0 amide bonds. The first kappa shape index (κ1) is 27.4. The van der Waals surface area contributed by atoms with Crippen LogP contribution < -0.4 is 4.90 Å². The molecule has 0 saturated heterocycles. The summed E-state index contributed by atoms with van der Waals surface area (Å²) in [5.41, 5.74) is 15.5. The summed E-state index contributed by atoms with van der Waals surface area (Å²) in [5.74, 6) is 0. The van der Waals surface area contributed by atoms with Gasteiger partial charge in [-0.3, -0.25) is 0 Å². The Hall–Kier alpha value is -5.14. The van der Waals surface area contributed by atoms with Gasteiger partial charge in [-0.1, -0.05) is 87.5 Å². The molecule has 0 heterocycles. The van der Waals surface area contributed by atoms with E-state index in [1.54, 1.807) is 0 Å². The molecule has 0 bridgehead atoms. The first-order chi connectivity index (χ1) is 21.7. The maximum atomic E-state index is 2.39. The van der Waals surface area contributed by atoms with Crippen LogP contribution in [-0.4, -0.2) is 0 Å². The van der Waals surface area contributed by atoms with E-state index in [9.17, 15) is 0 Å². The van der Waals surface area contributed by atoms with Crippen LogP contribution in [0.5, 0.6) is 0 Å². The van der Waals surface area contributed by atoms with E-state index in [2.05, 4.69) is 173 Å². The topological polar surface area (TPSA) is 3.24 Å². The summed E-state index contributed by atoms with van der Waals surface area (Å²) >= 11 is 0. The van der Waals surface area contributed by atoms with Crippen molar-refractivity contribution in [3.05, 3.63) is 150 Å². The van der Waals surface area contributed by atoms with Crippen molar-refractivity contribution in [1.82, 2.24) is 0 Å². The summed E-state index contributed by atoms with van der Waals surface area (Å²) in [6, 6.07) is 49.8. The van der Waals surface area contributed by atoms with Crippen molar-refractivity contribution in [1.29, 1.82) is 0 Å². The maximum Gasteiger partial charge on any atom is 0.0468 e. The average molecular weight is 580 g/mol. The molecule has 0 fully saturated rings. The number of hydrogen-bond acceptors (Lipinski definition) is 1. The number of anilines is 3. The fourth-order valence-electron chi connectivity index (χ4n) is 7.00. The van der Waals surface area contributed by atoms with Gasteiger partial charge in [0.15, 0.2) is 0 Å². The van der Waals surface area contributed by atoms with Gasteiger partial charge in [0.1, 0.15) is 0 Å². The monoisotopic (exact) mass is 579 g/mol. The van der Waals surface area contributed by atoms with Gasteiger partial charge in [-0.15, -0.1) is 0 Å². The minimum Gasteiger partial charge on any atom is -0.310 e. The van der Waals surface area contributed by atoms with Gasteiger partial charge in [0.05, 0.1) is 0 Å². The second kappa shape index (κ2) is 10.2. The van der Waals surface area contributed by atoms with E-state index in [4.69, 9.17) is 0 Å². The van der Waals surface area contributed by atoms with Crippen LogP contribution in [0.1, 0.15) is 37.5 Å². The Kier molecular flexibility index (Phi) is 6.22. The van der Waals surface area contributed by atoms with Crippen molar-refractivity contribution in [2.75, 3.05) is 4.90 Å². The SMILES string of the molecule is Cc1cc(C)cc(N(c2ccccc2)c2ccc3cc4c(cc3c2)-c2cc3ccc(-c5ccc(C(C)(C)C)cc5)cc3cc2-4)c1. The van der Waals surface area contributed by atoms with E-state index in [1.165, 1.54) is 83.0 Å². The Balaban J connectivity index is 1.17. The van der Waals surface area contributed by atoms with Crippen LogP contribution in [0.25, 0.3) is 54.9 Å². The van der Waals surface area contributed by atoms with Crippen LogP contribution in [0.3, 0.4) is 0 Å². The van der Waals surface area contributed by atoms with Gasteiger partial charge in [-0.25, -0.2) is 0 Å². The summed E-state index contributed by atoms with van der Waals surface area (Å²) in [6.07, 6.45) is 0. The fraction of sp³-hybridized carbons (Fsp3) is 0.136. The van der Waals surface area contributed by atoms with Gasteiger partial charge >= 0.3 is 0 Å². The first-order valence-electron chi connectivity index (χ1n) is 15.9. The third kappa shape index (κ3) is 4.80. The average Bonchev–Trinajstić information content (AvgIpc) is 3.03. The molecule has 0 unspecified atom stereocenters. The number of aryl methyl sites for hydroxylation is 2. The second-order valence-electron chi connectivity index (χ2n) is 13.7.